The summed E-state index contributed by atoms with van der Waals surface area (Å²) in [6.07, 6.45) is -4.68. The highest BCUT2D eigenvalue weighted by atomic mass is 19.4. The molecule has 0 saturated heterocycles. The van der Waals surface area contributed by atoms with Gasteiger partial charge in [0.1, 0.15) is 12.2 Å². The number of carbonyl (C=O) groups excluding carboxylic acids is 3. The largest absolute Gasteiger partial charge is 0.465 e. The lowest BCUT2D eigenvalue weighted by molar-refractivity contribution is -0.144. The Morgan fingerprint density at radius 3 is 2.04 bits per heavy atom. The Hall–Kier alpha value is -3.37. The fourth-order valence-corrected chi connectivity index (χ4v) is 2.40. The number of hydrogen-bond donors (Lipinski definition) is 1. The molecule has 0 bridgehead atoms. The van der Waals surface area contributed by atoms with Gasteiger partial charge in [-0.1, -0.05) is 0 Å². The summed E-state index contributed by atoms with van der Waals surface area (Å²) in [4.78, 5) is 35.7. The second-order valence-electron chi connectivity index (χ2n) is 5.66. The number of hydrogen-bond acceptors (Lipinski definition) is 6. The van der Waals surface area contributed by atoms with Crippen molar-refractivity contribution in [1.82, 2.24) is 9.78 Å². The number of ether oxygens (including phenoxy) is 2. The molecule has 11 heteroatoms. The van der Waals surface area contributed by atoms with E-state index < -0.39 is 36.3 Å². The van der Waals surface area contributed by atoms with Gasteiger partial charge in [-0.15, -0.1) is 0 Å². The van der Waals surface area contributed by atoms with E-state index in [0.29, 0.717) is 4.68 Å². The maximum Gasteiger partial charge on any atom is 0.433 e. The van der Waals surface area contributed by atoms with Crippen LogP contribution in [-0.2, 0) is 27.0 Å². The van der Waals surface area contributed by atoms with Gasteiger partial charge in [-0.25, -0.2) is 9.59 Å². The van der Waals surface area contributed by atoms with Crippen LogP contribution in [0.2, 0.25) is 0 Å². The van der Waals surface area contributed by atoms with Crippen LogP contribution in [0, 0.1) is 6.92 Å². The van der Waals surface area contributed by atoms with Crippen molar-refractivity contribution < 1.29 is 37.0 Å². The van der Waals surface area contributed by atoms with Crippen LogP contribution >= 0.6 is 0 Å². The number of rotatable bonds is 5. The Balaban J connectivity index is 2.29. The highest BCUT2D eigenvalue weighted by Gasteiger charge is 2.35. The number of anilines is 1. The molecule has 1 amide bonds. The van der Waals surface area contributed by atoms with Gasteiger partial charge in [0, 0.05) is 5.69 Å². The van der Waals surface area contributed by atoms with Crippen molar-refractivity contribution in [3.8, 4) is 0 Å². The lowest BCUT2D eigenvalue weighted by Gasteiger charge is -2.12. The Labute approximate surface area is 157 Å². The highest BCUT2D eigenvalue weighted by molar-refractivity contribution is 5.99. The van der Waals surface area contributed by atoms with Gasteiger partial charge in [0.05, 0.1) is 31.0 Å². The smallest absolute Gasteiger partial charge is 0.433 e. The number of aromatic nitrogens is 2. The Morgan fingerprint density at radius 2 is 1.57 bits per heavy atom. The van der Waals surface area contributed by atoms with Gasteiger partial charge in [-0.3, -0.25) is 9.48 Å². The summed E-state index contributed by atoms with van der Waals surface area (Å²) in [5, 5.41) is 6.00. The van der Waals surface area contributed by atoms with Crippen molar-refractivity contribution in [3.63, 3.8) is 0 Å². The number of nitrogens with one attached hydrogen (secondary N) is 1. The predicted octanol–water partition coefficient (Wildman–Crippen LogP) is 2.42. The molecule has 0 aliphatic carbocycles. The number of esters is 2. The quantitative estimate of drug-likeness (QED) is 0.776. The molecule has 0 atom stereocenters. The van der Waals surface area contributed by atoms with E-state index in [1.54, 1.807) is 0 Å². The van der Waals surface area contributed by atoms with Crippen molar-refractivity contribution >= 4 is 23.5 Å². The van der Waals surface area contributed by atoms with E-state index in [1.807, 2.05) is 0 Å². The average molecular weight is 399 g/mol. The van der Waals surface area contributed by atoms with Gasteiger partial charge in [-0.05, 0) is 31.2 Å². The molecule has 0 unspecified atom stereocenters. The minimum absolute atomic E-state index is 0.00531. The van der Waals surface area contributed by atoms with Crippen molar-refractivity contribution in [2.75, 3.05) is 19.5 Å². The van der Waals surface area contributed by atoms with Gasteiger partial charge in [0.15, 0.2) is 0 Å². The minimum Gasteiger partial charge on any atom is -0.465 e. The molecule has 0 spiro atoms. The zero-order valence-electron chi connectivity index (χ0n) is 15.1. The molecule has 1 N–H and O–H groups in total. The third kappa shape index (κ3) is 4.87. The Kier molecular flexibility index (Phi) is 6.06. The van der Waals surface area contributed by atoms with Crippen LogP contribution in [0.1, 0.15) is 32.1 Å². The fourth-order valence-electron chi connectivity index (χ4n) is 2.40. The van der Waals surface area contributed by atoms with Crippen LogP contribution in [0.3, 0.4) is 0 Å². The summed E-state index contributed by atoms with van der Waals surface area (Å²) in [6, 6.07) is 4.46. The molecular formula is C17H16F3N3O5. The molecule has 28 heavy (non-hydrogen) atoms. The summed E-state index contributed by atoms with van der Waals surface area (Å²) in [5.74, 6) is -2.39. The lowest BCUT2D eigenvalue weighted by atomic mass is 10.1. The molecule has 2 aromatic rings. The Bertz CT molecular complexity index is 887. The number of halogens is 3. The summed E-state index contributed by atoms with van der Waals surface area (Å²) in [5.41, 5.74) is -1.07. The molecular weight excluding hydrogens is 383 g/mol. The van der Waals surface area contributed by atoms with Gasteiger partial charge in [0.25, 0.3) is 0 Å². The number of alkyl halides is 3. The number of nitrogens with zero attached hydrogens (tertiary/aromatic N) is 2. The Morgan fingerprint density at radius 1 is 1.04 bits per heavy atom. The van der Waals surface area contributed by atoms with E-state index in [-0.39, 0.29) is 22.5 Å². The molecule has 0 saturated carbocycles. The van der Waals surface area contributed by atoms with E-state index in [4.69, 9.17) is 0 Å². The first-order valence-corrected chi connectivity index (χ1v) is 7.78. The molecule has 1 aromatic heterocycles. The number of benzene rings is 1. The first kappa shape index (κ1) is 20.9. The second kappa shape index (κ2) is 8.11. The van der Waals surface area contributed by atoms with Crippen LogP contribution in [0.4, 0.5) is 18.9 Å². The molecule has 150 valence electrons. The summed E-state index contributed by atoms with van der Waals surface area (Å²) >= 11 is 0. The van der Waals surface area contributed by atoms with Gasteiger partial charge in [-0.2, -0.15) is 18.3 Å². The fraction of sp³-hybridized carbons (Fsp3) is 0.294. The monoisotopic (exact) mass is 399 g/mol. The van der Waals surface area contributed by atoms with E-state index >= 15 is 0 Å². The molecule has 1 aromatic carbocycles. The summed E-state index contributed by atoms with van der Waals surface area (Å²) in [6.45, 7) is 0.644. The van der Waals surface area contributed by atoms with Crippen LogP contribution in [0.15, 0.2) is 24.3 Å². The maximum atomic E-state index is 13.0. The minimum atomic E-state index is -4.68. The molecule has 8 nitrogen and oxygen atoms in total. The van der Waals surface area contributed by atoms with E-state index in [1.165, 1.54) is 25.1 Å². The molecule has 0 fully saturated rings. The first-order chi connectivity index (χ1) is 13.0. The molecule has 1 heterocycles. The van der Waals surface area contributed by atoms with Crippen LogP contribution in [0.25, 0.3) is 0 Å². The number of amides is 1. The third-order valence-electron chi connectivity index (χ3n) is 3.54. The maximum absolute atomic E-state index is 13.0. The summed E-state index contributed by atoms with van der Waals surface area (Å²) in [7, 11) is 2.26. The predicted molar refractivity (Wildman–Crippen MR) is 89.7 cm³/mol. The van der Waals surface area contributed by atoms with Gasteiger partial charge in [0.2, 0.25) is 5.91 Å². The summed E-state index contributed by atoms with van der Waals surface area (Å²) < 4.78 is 48.7. The number of aryl methyl sites for hydroxylation is 1. The van der Waals surface area contributed by atoms with Crippen molar-refractivity contribution in [2.45, 2.75) is 19.6 Å². The third-order valence-corrected chi connectivity index (χ3v) is 3.54. The van der Waals surface area contributed by atoms with Crippen LogP contribution < -0.4 is 5.32 Å². The first-order valence-electron chi connectivity index (χ1n) is 7.78. The molecule has 0 radical (unpaired) electrons. The van der Waals surface area contributed by atoms with E-state index in [9.17, 15) is 27.6 Å². The van der Waals surface area contributed by atoms with Gasteiger partial charge < -0.3 is 14.8 Å². The lowest BCUT2D eigenvalue weighted by Crippen LogP contribution is -2.24. The topological polar surface area (TPSA) is 99.5 Å². The van der Waals surface area contributed by atoms with Crippen LogP contribution in [-0.4, -0.2) is 41.8 Å². The second-order valence-corrected chi connectivity index (χ2v) is 5.66. The van der Waals surface area contributed by atoms with Crippen molar-refractivity contribution in [3.05, 3.63) is 46.8 Å². The van der Waals surface area contributed by atoms with E-state index in [0.717, 1.165) is 20.3 Å². The molecule has 0 aliphatic rings. The highest BCUT2D eigenvalue weighted by Crippen LogP contribution is 2.29. The van der Waals surface area contributed by atoms with Gasteiger partial charge >= 0.3 is 18.1 Å². The van der Waals surface area contributed by atoms with Crippen molar-refractivity contribution in [1.29, 1.82) is 0 Å². The zero-order chi connectivity index (χ0) is 21.1. The SMILES string of the molecule is COC(=O)c1cc(NC(=O)Cn2nc(C)cc2C(F)(F)F)cc(C(=O)OC)c1. The average Bonchev–Trinajstić information content (AvgIpc) is 3.00. The number of carbonyl (C=O) groups is 3. The molecule has 2 rings (SSSR count). The van der Waals surface area contributed by atoms with Crippen molar-refractivity contribution in [2.24, 2.45) is 0 Å². The zero-order valence-corrected chi connectivity index (χ0v) is 15.1. The molecule has 0 aliphatic heterocycles. The number of methoxy groups -OCH3 is 2. The van der Waals surface area contributed by atoms with Crippen LogP contribution in [0.5, 0.6) is 0 Å². The standard InChI is InChI=1S/C17H16F3N3O5/c1-9-4-13(17(18,19)20)23(22-9)8-14(24)21-12-6-10(15(25)27-2)5-11(7-12)16(26)28-3/h4-7H,8H2,1-3H3,(H,21,24). The van der Waals surface area contributed by atoms with E-state index in [2.05, 4.69) is 19.9 Å². The normalized spacial score (nSPS) is 11.1.